The molecule has 0 aliphatic carbocycles. The third-order valence-electron chi connectivity index (χ3n) is 0. The molecule has 4 radical (unpaired) electrons. The molecule has 0 saturated carbocycles. The topological polar surface area (TPSA) is 0 Å². The van der Waals surface area contributed by atoms with Crippen LogP contribution in [0.4, 0.5) is 0 Å². The zero-order chi connectivity index (χ0) is 0. The molecule has 0 spiro atoms. The molecule has 0 unspecified atom stereocenters. The van der Waals surface area contributed by atoms with Crippen molar-refractivity contribution in [1.82, 2.24) is 0 Å². The van der Waals surface area contributed by atoms with Crippen LogP contribution in [0, 0.1) is 0 Å². The summed E-state index contributed by atoms with van der Waals surface area (Å²) < 4.78 is 0. The van der Waals surface area contributed by atoms with Crippen LogP contribution in [0.1, 0.15) is 25.1 Å². The minimum absolute atomic E-state index is 0. The maximum absolute atomic E-state index is 0. The minimum atomic E-state index is 0. The van der Waals surface area contributed by atoms with Crippen LogP contribution in [0.25, 0.3) is 0 Å². The van der Waals surface area contributed by atoms with Crippen LogP contribution in [0.5, 0.6) is 0 Å². The molecule has 0 bridgehead atoms. The standard InChI is InChI=1S/3CH4.Pb.2H2/h3*1H4;;2*1H. The van der Waals surface area contributed by atoms with E-state index in [0.717, 1.165) is 0 Å². The molecule has 0 nitrogen and oxygen atoms in total. The number of rotatable bonds is 0. The molecule has 0 amide bonds. The first-order valence-electron chi connectivity index (χ1n) is 0. The summed E-state index contributed by atoms with van der Waals surface area (Å²) in [6, 6.07) is 0. The second-order valence-corrected chi connectivity index (χ2v) is 0. The normalized spacial score (nSPS) is 0. The van der Waals surface area contributed by atoms with E-state index in [-0.39, 0.29) is 52.4 Å². The first-order chi connectivity index (χ1) is 0. The Hall–Kier alpha value is 0.922. The Morgan fingerprint density at radius 3 is 0.750 bits per heavy atom. The Kier molecular flexibility index (Phi) is 877. The average molecular weight is 259 g/mol. The van der Waals surface area contributed by atoms with E-state index in [0.29, 0.717) is 0 Å². The molecular formula is C3H16Pb. The van der Waals surface area contributed by atoms with Gasteiger partial charge in [-0.25, -0.2) is 0 Å². The fourth-order valence-electron chi connectivity index (χ4n) is 0. The Morgan fingerprint density at radius 2 is 0.750 bits per heavy atom. The van der Waals surface area contributed by atoms with Gasteiger partial charge in [0.05, 0.1) is 0 Å². The summed E-state index contributed by atoms with van der Waals surface area (Å²) in [7, 11) is 0. The van der Waals surface area contributed by atoms with Crippen LogP contribution in [-0.4, -0.2) is 27.3 Å². The fourth-order valence-corrected chi connectivity index (χ4v) is 0. The van der Waals surface area contributed by atoms with E-state index in [4.69, 9.17) is 0 Å². The van der Waals surface area contributed by atoms with E-state index in [9.17, 15) is 0 Å². The molecule has 1 heteroatoms. The van der Waals surface area contributed by atoms with Crippen molar-refractivity contribution in [2.75, 3.05) is 0 Å². The van der Waals surface area contributed by atoms with Gasteiger partial charge in [-0.2, -0.15) is 0 Å². The second-order valence-electron chi connectivity index (χ2n) is 0. The Bertz CT molecular complexity index is 8.75. The van der Waals surface area contributed by atoms with Gasteiger partial charge in [-0.1, -0.05) is 22.3 Å². The van der Waals surface area contributed by atoms with E-state index >= 15 is 0 Å². The van der Waals surface area contributed by atoms with Crippen LogP contribution in [-0.2, 0) is 0 Å². The van der Waals surface area contributed by atoms with E-state index in [1.807, 2.05) is 0 Å². The summed E-state index contributed by atoms with van der Waals surface area (Å²) in [6.45, 7) is 0. The van der Waals surface area contributed by atoms with E-state index in [1.54, 1.807) is 0 Å². The average Bonchev–Trinajstić information content (AvgIpc) is 0. The van der Waals surface area contributed by atoms with E-state index < -0.39 is 0 Å². The first-order valence-corrected chi connectivity index (χ1v) is 0. The smallest absolute Gasteiger partial charge is 0 e. The van der Waals surface area contributed by atoms with Crippen LogP contribution in [0.15, 0.2) is 0 Å². The van der Waals surface area contributed by atoms with Crippen molar-refractivity contribution in [3.63, 3.8) is 0 Å². The molecule has 0 heterocycles. The first kappa shape index (κ1) is 89.1. The van der Waals surface area contributed by atoms with Crippen molar-refractivity contribution in [1.29, 1.82) is 0 Å². The summed E-state index contributed by atoms with van der Waals surface area (Å²) in [4.78, 5) is 0. The summed E-state index contributed by atoms with van der Waals surface area (Å²) in [6.07, 6.45) is 0. The van der Waals surface area contributed by atoms with Gasteiger partial charge in [0.15, 0.2) is 0 Å². The fraction of sp³-hybridized carbons (Fsp3) is 1.00. The van der Waals surface area contributed by atoms with Gasteiger partial charge in [0.1, 0.15) is 0 Å². The summed E-state index contributed by atoms with van der Waals surface area (Å²) in [5, 5.41) is 0. The van der Waals surface area contributed by atoms with Crippen molar-refractivity contribution < 1.29 is 2.85 Å². The zero-order valence-electron chi connectivity index (χ0n) is 0.500. The maximum Gasteiger partial charge on any atom is 0 e. The predicted octanol–water partition coefficient (Wildman–Crippen LogP) is 2.02. The van der Waals surface area contributed by atoms with Gasteiger partial charge in [-0.3, -0.25) is 0 Å². The van der Waals surface area contributed by atoms with Gasteiger partial charge in [-0.15, -0.1) is 0 Å². The maximum atomic E-state index is 0. The summed E-state index contributed by atoms with van der Waals surface area (Å²) >= 11 is 0. The minimum Gasteiger partial charge on any atom is -0.0776 e. The molecule has 4 heavy (non-hydrogen) atoms. The monoisotopic (exact) mass is 260 g/mol. The molecule has 0 saturated heterocycles. The van der Waals surface area contributed by atoms with Crippen LogP contribution < -0.4 is 0 Å². The quantitative estimate of drug-likeness (QED) is 0.584. The molecule has 0 fully saturated rings. The third-order valence-corrected chi connectivity index (χ3v) is 0. The van der Waals surface area contributed by atoms with Gasteiger partial charge in [0, 0.05) is 30.2 Å². The van der Waals surface area contributed by atoms with Crippen molar-refractivity contribution >= 4 is 27.3 Å². The molecule has 0 rings (SSSR count). The Labute approximate surface area is 52.7 Å². The number of hydrogen-bond acceptors (Lipinski definition) is 0. The summed E-state index contributed by atoms with van der Waals surface area (Å²) in [5.74, 6) is 0. The molecule has 0 aliphatic rings. The second kappa shape index (κ2) is 39.4. The molecular weight excluding hydrogens is 243 g/mol. The van der Waals surface area contributed by atoms with E-state index in [2.05, 4.69) is 0 Å². The van der Waals surface area contributed by atoms with Gasteiger partial charge in [-0.05, 0) is 0 Å². The molecule has 0 aromatic carbocycles. The van der Waals surface area contributed by atoms with Crippen molar-refractivity contribution in [2.24, 2.45) is 0 Å². The molecule has 0 atom stereocenters. The van der Waals surface area contributed by atoms with Gasteiger partial charge < -0.3 is 0 Å². The number of hydrogen-bond donors (Lipinski definition) is 0. The van der Waals surface area contributed by atoms with Crippen LogP contribution in [0.3, 0.4) is 0 Å². The Morgan fingerprint density at radius 1 is 0.750 bits per heavy atom. The van der Waals surface area contributed by atoms with Gasteiger partial charge in [0.2, 0.25) is 0 Å². The summed E-state index contributed by atoms with van der Waals surface area (Å²) in [5.41, 5.74) is 0. The SMILES string of the molecule is C.C.C.[HH].[HH].[Pb]. The van der Waals surface area contributed by atoms with E-state index in [1.165, 1.54) is 0 Å². The van der Waals surface area contributed by atoms with Crippen molar-refractivity contribution in [3.05, 3.63) is 0 Å². The van der Waals surface area contributed by atoms with Crippen LogP contribution in [0.2, 0.25) is 0 Å². The van der Waals surface area contributed by atoms with Crippen molar-refractivity contribution in [3.8, 4) is 0 Å². The largest absolute Gasteiger partial charge is 0.0776 e. The van der Waals surface area contributed by atoms with Gasteiger partial charge >= 0.3 is 0 Å². The van der Waals surface area contributed by atoms with Crippen LogP contribution >= 0.6 is 0 Å². The molecule has 0 aromatic rings. The predicted molar refractivity (Wildman–Crippen MR) is 30.2 cm³/mol. The third kappa shape index (κ3) is 12.7. The molecule has 0 N–H and O–H groups in total. The Balaban J connectivity index is 0. The van der Waals surface area contributed by atoms with Gasteiger partial charge in [0.25, 0.3) is 0 Å². The molecule has 0 aromatic heterocycles. The zero-order valence-corrected chi connectivity index (χ0v) is 4.39. The van der Waals surface area contributed by atoms with Crippen molar-refractivity contribution in [2.45, 2.75) is 22.3 Å². The molecule has 0 aliphatic heterocycles. The molecule has 32 valence electrons.